The fourth-order valence-corrected chi connectivity index (χ4v) is 3.38. The molecule has 1 aromatic heterocycles. The van der Waals surface area contributed by atoms with Crippen molar-refractivity contribution < 1.29 is 14.3 Å². The number of ether oxygens (including phenoxy) is 2. The second-order valence-corrected chi connectivity index (χ2v) is 11.0. The highest BCUT2D eigenvalue weighted by Gasteiger charge is 2.25. The number of aromatic nitrogens is 2. The lowest BCUT2D eigenvalue weighted by atomic mass is 9.92. The number of hydrogen-bond donors (Lipinski definition) is 1. The van der Waals surface area contributed by atoms with Crippen LogP contribution in [0.2, 0.25) is 0 Å². The Morgan fingerprint density at radius 3 is 2.39 bits per heavy atom. The molecule has 0 radical (unpaired) electrons. The lowest BCUT2D eigenvalue weighted by Gasteiger charge is -2.26. The molecule has 0 unspecified atom stereocenters. The molecule has 1 saturated heterocycles. The van der Waals surface area contributed by atoms with E-state index in [2.05, 4.69) is 48.2 Å². The van der Waals surface area contributed by atoms with Crippen molar-refractivity contribution >= 4 is 46.7 Å². The zero-order valence-corrected chi connectivity index (χ0v) is 20.1. The zero-order chi connectivity index (χ0) is 22.6. The maximum absolute atomic E-state index is 12.0. The first-order valence-corrected chi connectivity index (χ1v) is 11.2. The molecule has 0 saturated carbocycles. The fraction of sp³-hybridized carbons (Fsp3) is 0.524. The normalized spacial score (nSPS) is 15.7. The molecule has 7 nitrogen and oxygen atoms in total. The first-order valence-electron chi connectivity index (χ1n) is 10.0. The molecule has 31 heavy (non-hydrogen) atoms. The molecule has 1 aliphatic rings. The maximum Gasteiger partial charge on any atom is 0.413 e. The fourth-order valence-electron chi connectivity index (χ4n) is 3.22. The van der Waals surface area contributed by atoms with Gasteiger partial charge in [0.25, 0.3) is 0 Å². The number of anilines is 1. The Hall–Kier alpha value is -1.51. The van der Waals surface area contributed by atoms with Crippen LogP contribution < -0.4 is 5.32 Å². The molecule has 0 bridgehead atoms. The second kappa shape index (κ2) is 9.96. The van der Waals surface area contributed by atoms with Gasteiger partial charge in [0.2, 0.25) is 3.79 Å². The summed E-state index contributed by atoms with van der Waals surface area (Å²) in [6.07, 6.45) is -0.739. The third-order valence-corrected chi connectivity index (χ3v) is 5.09. The van der Waals surface area contributed by atoms with E-state index in [0.717, 1.165) is 44.2 Å². The van der Waals surface area contributed by atoms with Crippen molar-refractivity contribution in [3.63, 3.8) is 0 Å². The molecular formula is C21H27Cl3N4O3. The summed E-state index contributed by atoms with van der Waals surface area (Å²) < 4.78 is 10.5. The van der Waals surface area contributed by atoms with Gasteiger partial charge in [-0.15, -0.1) is 5.10 Å². The monoisotopic (exact) mass is 488 g/mol. The maximum atomic E-state index is 12.0. The van der Waals surface area contributed by atoms with Gasteiger partial charge in [-0.25, -0.2) is 9.48 Å². The summed E-state index contributed by atoms with van der Waals surface area (Å²) in [5.41, 5.74) is 2.85. The molecule has 1 amide bonds. The van der Waals surface area contributed by atoms with Crippen molar-refractivity contribution in [2.24, 2.45) is 0 Å². The standard InChI is InChI=1S/C21H27Cl3N4O3/c1-20(2,3)17-12-18(25-19(29)31-14-21(22,23)24)26-28(17)16-6-4-15(5-7-16)13-27-8-10-30-11-9-27/h4-7,12H,8-11,13-14H2,1-3H3,(H,25,26,29). The number of halogens is 3. The van der Waals surface area contributed by atoms with Gasteiger partial charge in [0.15, 0.2) is 5.82 Å². The van der Waals surface area contributed by atoms with Gasteiger partial charge in [0.1, 0.15) is 6.61 Å². The topological polar surface area (TPSA) is 68.6 Å². The van der Waals surface area contributed by atoms with Gasteiger partial charge in [-0.3, -0.25) is 10.2 Å². The zero-order valence-electron chi connectivity index (χ0n) is 17.8. The third kappa shape index (κ3) is 7.26. The number of nitrogens with one attached hydrogen (secondary N) is 1. The van der Waals surface area contributed by atoms with E-state index in [0.29, 0.717) is 5.82 Å². The minimum absolute atomic E-state index is 0.207. The van der Waals surface area contributed by atoms with E-state index in [1.165, 1.54) is 5.56 Å². The Kier molecular flexibility index (Phi) is 7.76. The molecule has 170 valence electrons. The molecule has 0 atom stereocenters. The van der Waals surface area contributed by atoms with Crippen LogP contribution in [0, 0.1) is 0 Å². The highest BCUT2D eigenvalue weighted by molar-refractivity contribution is 6.67. The summed E-state index contributed by atoms with van der Waals surface area (Å²) >= 11 is 16.9. The van der Waals surface area contributed by atoms with E-state index < -0.39 is 9.89 Å². The number of morpholine rings is 1. The van der Waals surface area contributed by atoms with Crippen molar-refractivity contribution in [3.8, 4) is 5.69 Å². The van der Waals surface area contributed by atoms with Crippen LogP contribution in [0.3, 0.4) is 0 Å². The number of amides is 1. The molecule has 10 heteroatoms. The Labute approximate surface area is 197 Å². The number of rotatable bonds is 5. The summed E-state index contributed by atoms with van der Waals surface area (Å²) in [5.74, 6) is 0.358. The lowest BCUT2D eigenvalue weighted by Crippen LogP contribution is -2.35. The summed E-state index contributed by atoms with van der Waals surface area (Å²) in [6, 6.07) is 10.1. The van der Waals surface area contributed by atoms with Crippen LogP contribution in [0.25, 0.3) is 5.69 Å². The number of nitrogens with zero attached hydrogens (tertiary/aromatic N) is 3. The first kappa shape index (κ1) is 24.1. The van der Waals surface area contributed by atoms with Crippen LogP contribution in [0.5, 0.6) is 0 Å². The smallest absolute Gasteiger partial charge is 0.413 e. The quantitative estimate of drug-likeness (QED) is 0.604. The van der Waals surface area contributed by atoms with Crippen LogP contribution in [-0.4, -0.2) is 57.5 Å². The van der Waals surface area contributed by atoms with Crippen molar-refractivity contribution in [2.75, 3.05) is 38.2 Å². The predicted octanol–water partition coefficient (Wildman–Crippen LogP) is 4.92. The van der Waals surface area contributed by atoms with Crippen molar-refractivity contribution in [1.29, 1.82) is 0 Å². The van der Waals surface area contributed by atoms with E-state index in [-0.39, 0.29) is 12.0 Å². The van der Waals surface area contributed by atoms with E-state index >= 15 is 0 Å². The predicted molar refractivity (Wildman–Crippen MR) is 124 cm³/mol. The van der Waals surface area contributed by atoms with Crippen molar-refractivity contribution in [2.45, 2.75) is 36.5 Å². The van der Waals surface area contributed by atoms with Crippen molar-refractivity contribution in [3.05, 3.63) is 41.6 Å². The summed E-state index contributed by atoms with van der Waals surface area (Å²) in [4.78, 5) is 14.4. The number of alkyl halides is 3. The minimum atomic E-state index is -1.67. The number of carbonyl (C=O) groups is 1. The number of hydrogen-bond acceptors (Lipinski definition) is 5. The molecule has 1 N–H and O–H groups in total. The molecule has 0 spiro atoms. The largest absolute Gasteiger partial charge is 0.445 e. The van der Waals surface area contributed by atoms with Crippen LogP contribution in [0.1, 0.15) is 32.0 Å². The Bertz CT molecular complexity index is 883. The highest BCUT2D eigenvalue weighted by Crippen LogP contribution is 2.29. The molecule has 0 aliphatic carbocycles. The Morgan fingerprint density at radius 2 is 1.81 bits per heavy atom. The first-order chi connectivity index (χ1) is 14.5. The summed E-state index contributed by atoms with van der Waals surface area (Å²) in [7, 11) is 0. The Balaban J connectivity index is 1.75. The minimum Gasteiger partial charge on any atom is -0.445 e. The number of carbonyl (C=O) groups excluding carboxylic acids is 1. The average Bonchev–Trinajstić information content (AvgIpc) is 3.11. The van der Waals surface area contributed by atoms with Crippen LogP contribution >= 0.6 is 34.8 Å². The summed E-state index contributed by atoms with van der Waals surface area (Å²) in [5, 5.41) is 7.15. The van der Waals surface area contributed by atoms with Gasteiger partial charge in [-0.05, 0) is 17.7 Å². The van der Waals surface area contributed by atoms with Gasteiger partial charge >= 0.3 is 6.09 Å². The Morgan fingerprint density at radius 1 is 1.16 bits per heavy atom. The van der Waals surface area contributed by atoms with E-state index in [1.54, 1.807) is 0 Å². The van der Waals surface area contributed by atoms with Gasteiger partial charge in [-0.1, -0.05) is 67.7 Å². The molecular weight excluding hydrogens is 463 g/mol. The molecule has 2 aromatic rings. The van der Waals surface area contributed by atoms with Crippen LogP contribution in [-0.2, 0) is 21.4 Å². The highest BCUT2D eigenvalue weighted by atomic mass is 35.6. The summed E-state index contributed by atoms with van der Waals surface area (Å²) in [6.45, 7) is 10.2. The second-order valence-electron chi connectivity index (χ2n) is 8.45. The van der Waals surface area contributed by atoms with Crippen LogP contribution in [0.15, 0.2) is 30.3 Å². The number of benzene rings is 1. The van der Waals surface area contributed by atoms with Gasteiger partial charge < -0.3 is 9.47 Å². The lowest BCUT2D eigenvalue weighted by molar-refractivity contribution is 0.0342. The van der Waals surface area contributed by atoms with Gasteiger partial charge in [0, 0.05) is 31.1 Å². The van der Waals surface area contributed by atoms with Crippen LogP contribution in [0.4, 0.5) is 10.6 Å². The van der Waals surface area contributed by atoms with Crippen molar-refractivity contribution in [1.82, 2.24) is 14.7 Å². The van der Waals surface area contributed by atoms with E-state index in [1.807, 2.05) is 22.9 Å². The van der Waals surface area contributed by atoms with E-state index in [9.17, 15) is 4.79 Å². The molecule has 1 aromatic carbocycles. The third-order valence-electron chi connectivity index (χ3n) is 4.77. The SMILES string of the molecule is CC(C)(C)c1cc(NC(=O)OCC(Cl)(Cl)Cl)nn1-c1ccc(CN2CCOCC2)cc1. The molecule has 2 heterocycles. The van der Waals surface area contributed by atoms with E-state index in [4.69, 9.17) is 44.3 Å². The molecule has 1 aliphatic heterocycles. The molecule has 3 rings (SSSR count). The van der Waals surface area contributed by atoms with Gasteiger partial charge in [-0.2, -0.15) is 0 Å². The average molecular weight is 490 g/mol. The van der Waals surface area contributed by atoms with Gasteiger partial charge in [0.05, 0.1) is 24.6 Å². The molecule has 1 fully saturated rings.